The normalized spacial score (nSPS) is 12.8. The van der Waals surface area contributed by atoms with E-state index in [4.69, 9.17) is 0 Å². The Labute approximate surface area is 137 Å². The number of carbonyl (C=O) groups excluding carboxylic acids is 1. The topological polar surface area (TPSA) is 63.2 Å². The van der Waals surface area contributed by atoms with Crippen molar-refractivity contribution >= 4 is 15.8 Å². The first kappa shape index (κ1) is 17.4. The molecule has 0 saturated carbocycles. The summed E-state index contributed by atoms with van der Waals surface area (Å²) in [5.41, 5.74) is 2.06. The van der Waals surface area contributed by atoms with Crippen LogP contribution in [-0.2, 0) is 21.2 Å². The number of nitrogens with one attached hydrogen (secondary N) is 1. The van der Waals surface area contributed by atoms with Gasteiger partial charge in [-0.25, -0.2) is 13.1 Å². The molecule has 0 fully saturated rings. The van der Waals surface area contributed by atoms with Gasteiger partial charge in [-0.2, -0.15) is 0 Å². The molecule has 0 saturated heterocycles. The molecule has 0 aliphatic rings. The molecule has 122 valence electrons. The van der Waals surface area contributed by atoms with Gasteiger partial charge in [-0.15, -0.1) is 0 Å². The quantitative estimate of drug-likeness (QED) is 0.848. The summed E-state index contributed by atoms with van der Waals surface area (Å²) >= 11 is 0. The number of carbonyl (C=O) groups is 1. The number of benzene rings is 2. The van der Waals surface area contributed by atoms with E-state index in [1.807, 2.05) is 37.3 Å². The molecule has 23 heavy (non-hydrogen) atoms. The second-order valence-corrected chi connectivity index (χ2v) is 7.34. The van der Waals surface area contributed by atoms with Crippen LogP contribution in [0.25, 0.3) is 0 Å². The largest absolute Gasteiger partial charge is 0.298 e. The van der Waals surface area contributed by atoms with Crippen molar-refractivity contribution in [1.29, 1.82) is 0 Å². The van der Waals surface area contributed by atoms with E-state index in [1.165, 1.54) is 6.92 Å². The van der Waals surface area contributed by atoms with Gasteiger partial charge in [-0.3, -0.25) is 4.79 Å². The fourth-order valence-electron chi connectivity index (χ4n) is 2.27. The van der Waals surface area contributed by atoms with Gasteiger partial charge in [0.15, 0.2) is 0 Å². The molecule has 0 unspecified atom stereocenters. The van der Waals surface area contributed by atoms with Crippen LogP contribution in [0.1, 0.15) is 24.5 Å². The minimum Gasteiger partial charge on any atom is -0.298 e. The first-order chi connectivity index (χ1) is 10.9. The molecule has 0 radical (unpaired) electrons. The highest BCUT2D eigenvalue weighted by molar-refractivity contribution is 7.89. The molecule has 2 aromatic rings. The Hall–Kier alpha value is -1.98. The van der Waals surface area contributed by atoms with Gasteiger partial charge < -0.3 is 0 Å². The summed E-state index contributed by atoms with van der Waals surface area (Å²) in [6, 6.07) is 15.6. The van der Waals surface area contributed by atoms with Gasteiger partial charge in [0, 0.05) is 0 Å². The Kier molecular flexibility index (Phi) is 5.69. The predicted molar refractivity (Wildman–Crippen MR) is 90.7 cm³/mol. The third-order valence-corrected chi connectivity index (χ3v) is 5.17. The lowest BCUT2D eigenvalue weighted by molar-refractivity contribution is -0.118. The van der Waals surface area contributed by atoms with Gasteiger partial charge in [-0.1, -0.05) is 48.0 Å². The van der Waals surface area contributed by atoms with E-state index in [0.29, 0.717) is 12.8 Å². The molecular formula is C18H21NO3S. The zero-order valence-electron chi connectivity index (χ0n) is 13.3. The van der Waals surface area contributed by atoms with Gasteiger partial charge >= 0.3 is 0 Å². The van der Waals surface area contributed by atoms with Crippen LogP contribution in [-0.4, -0.2) is 20.2 Å². The number of hydrogen-bond donors (Lipinski definition) is 1. The average molecular weight is 331 g/mol. The Morgan fingerprint density at radius 2 is 1.65 bits per heavy atom. The maximum atomic E-state index is 12.4. The van der Waals surface area contributed by atoms with Crippen molar-refractivity contribution in [2.24, 2.45) is 0 Å². The SMILES string of the molecule is CC(=O)[C@@H](CCc1ccccc1)NS(=O)(=O)c1ccc(C)cc1. The molecule has 0 aliphatic carbocycles. The van der Waals surface area contributed by atoms with E-state index in [9.17, 15) is 13.2 Å². The van der Waals surface area contributed by atoms with Crippen molar-refractivity contribution in [3.63, 3.8) is 0 Å². The first-order valence-electron chi connectivity index (χ1n) is 7.52. The minimum atomic E-state index is -3.70. The smallest absolute Gasteiger partial charge is 0.241 e. The summed E-state index contributed by atoms with van der Waals surface area (Å²) in [6.45, 7) is 3.30. The molecule has 1 atom stereocenters. The van der Waals surface area contributed by atoms with Crippen LogP contribution in [0.3, 0.4) is 0 Å². The number of sulfonamides is 1. The summed E-state index contributed by atoms with van der Waals surface area (Å²) < 4.78 is 27.3. The highest BCUT2D eigenvalue weighted by Gasteiger charge is 2.23. The number of rotatable bonds is 7. The van der Waals surface area contributed by atoms with E-state index in [-0.39, 0.29) is 10.7 Å². The summed E-state index contributed by atoms with van der Waals surface area (Å²) in [6.07, 6.45) is 1.08. The van der Waals surface area contributed by atoms with E-state index < -0.39 is 16.1 Å². The fraction of sp³-hybridized carbons (Fsp3) is 0.278. The van der Waals surface area contributed by atoms with Crippen molar-refractivity contribution in [2.45, 2.75) is 37.6 Å². The molecule has 0 amide bonds. The highest BCUT2D eigenvalue weighted by atomic mass is 32.2. The fourth-order valence-corrected chi connectivity index (χ4v) is 3.56. The standard InChI is InChI=1S/C18H21NO3S/c1-14-8-11-17(12-9-14)23(21,22)19-18(15(2)20)13-10-16-6-4-3-5-7-16/h3-9,11-12,18-19H,10,13H2,1-2H3/t18-/m1/s1. The Morgan fingerprint density at radius 1 is 1.04 bits per heavy atom. The minimum absolute atomic E-state index is 0.175. The Balaban J connectivity index is 2.09. The molecule has 2 rings (SSSR count). The van der Waals surface area contributed by atoms with Crippen LogP contribution in [0.4, 0.5) is 0 Å². The summed E-state index contributed by atoms with van der Waals surface area (Å²) in [4.78, 5) is 12.0. The number of Topliss-reactive ketones (excluding diaryl/α,β-unsaturated/α-hetero) is 1. The molecule has 1 N–H and O–H groups in total. The molecule has 0 aliphatic heterocycles. The summed E-state index contributed by atoms with van der Waals surface area (Å²) in [7, 11) is -3.70. The third kappa shape index (κ3) is 5.01. The Morgan fingerprint density at radius 3 is 2.22 bits per heavy atom. The zero-order valence-corrected chi connectivity index (χ0v) is 14.1. The lowest BCUT2D eigenvalue weighted by Crippen LogP contribution is -2.40. The van der Waals surface area contributed by atoms with Gasteiger partial charge in [0.05, 0.1) is 10.9 Å². The predicted octanol–water partition coefficient (Wildman–Crippen LogP) is 2.86. The maximum Gasteiger partial charge on any atom is 0.241 e. The average Bonchev–Trinajstić information content (AvgIpc) is 2.52. The van der Waals surface area contributed by atoms with E-state index >= 15 is 0 Å². The van der Waals surface area contributed by atoms with Crippen molar-refractivity contribution in [1.82, 2.24) is 4.72 Å². The Bertz CT molecular complexity index is 753. The molecule has 5 heteroatoms. The monoisotopic (exact) mass is 331 g/mol. The zero-order chi connectivity index (χ0) is 16.9. The van der Waals surface area contributed by atoms with Crippen LogP contribution < -0.4 is 4.72 Å². The highest BCUT2D eigenvalue weighted by Crippen LogP contribution is 2.13. The third-order valence-electron chi connectivity index (χ3n) is 3.68. The first-order valence-corrected chi connectivity index (χ1v) is 9.00. The van der Waals surface area contributed by atoms with Crippen molar-refractivity contribution < 1.29 is 13.2 Å². The molecule has 0 aromatic heterocycles. The van der Waals surface area contributed by atoms with Crippen LogP contribution in [0.2, 0.25) is 0 Å². The van der Waals surface area contributed by atoms with Gasteiger partial charge in [-0.05, 0) is 44.4 Å². The molecular weight excluding hydrogens is 310 g/mol. The second-order valence-electron chi connectivity index (χ2n) is 5.62. The number of ketones is 1. The van der Waals surface area contributed by atoms with Crippen molar-refractivity contribution in [2.75, 3.05) is 0 Å². The second kappa shape index (κ2) is 7.53. The maximum absolute atomic E-state index is 12.4. The van der Waals surface area contributed by atoms with E-state index in [2.05, 4.69) is 4.72 Å². The summed E-state index contributed by atoms with van der Waals surface area (Å²) in [5.74, 6) is -0.184. The van der Waals surface area contributed by atoms with Crippen molar-refractivity contribution in [3.8, 4) is 0 Å². The molecule has 4 nitrogen and oxygen atoms in total. The van der Waals surface area contributed by atoms with Gasteiger partial charge in [0.1, 0.15) is 5.78 Å². The molecule has 0 heterocycles. The van der Waals surface area contributed by atoms with E-state index in [1.54, 1.807) is 24.3 Å². The van der Waals surface area contributed by atoms with Crippen LogP contribution in [0.5, 0.6) is 0 Å². The lowest BCUT2D eigenvalue weighted by Gasteiger charge is -2.16. The van der Waals surface area contributed by atoms with E-state index in [0.717, 1.165) is 11.1 Å². The van der Waals surface area contributed by atoms with Gasteiger partial charge in [0.25, 0.3) is 0 Å². The summed E-state index contributed by atoms with van der Waals surface area (Å²) in [5, 5.41) is 0. The van der Waals surface area contributed by atoms with Gasteiger partial charge in [0.2, 0.25) is 10.0 Å². The lowest BCUT2D eigenvalue weighted by atomic mass is 10.0. The molecule has 2 aromatic carbocycles. The number of aryl methyl sites for hydroxylation is 2. The molecule has 0 spiro atoms. The number of hydrogen-bond acceptors (Lipinski definition) is 3. The van der Waals surface area contributed by atoms with Crippen LogP contribution in [0.15, 0.2) is 59.5 Å². The van der Waals surface area contributed by atoms with Crippen molar-refractivity contribution in [3.05, 3.63) is 65.7 Å². The van der Waals surface area contributed by atoms with Crippen LogP contribution in [0, 0.1) is 6.92 Å². The molecule has 0 bridgehead atoms. The van der Waals surface area contributed by atoms with Crippen LogP contribution >= 0.6 is 0 Å².